The van der Waals surface area contributed by atoms with Gasteiger partial charge in [-0.25, -0.2) is 4.79 Å². The number of fused-ring (bicyclic) bond motifs is 2. The maximum Gasteiger partial charge on any atom is 0.418 e. The van der Waals surface area contributed by atoms with E-state index in [1.165, 1.54) is 18.7 Å². The number of hydrogen-bond donors (Lipinski definition) is 2. The highest BCUT2D eigenvalue weighted by atomic mass is 19.4. The third kappa shape index (κ3) is 9.51. The largest absolute Gasteiger partial charge is 0.418 e. The number of piperazine rings is 2. The monoisotopic (exact) mass is 952 g/mol. The highest BCUT2D eigenvalue weighted by Gasteiger charge is 2.40. The molecule has 5 aliphatic heterocycles. The first-order chi connectivity index (χ1) is 33.2. The highest BCUT2D eigenvalue weighted by molar-refractivity contribution is 6.05. The zero-order valence-electron chi connectivity index (χ0n) is 38.4. The molecule has 5 aromatic rings. The molecule has 4 saturated heterocycles. The molecule has 18 nitrogen and oxygen atoms in total. The van der Waals surface area contributed by atoms with Gasteiger partial charge in [-0.2, -0.15) is 13.2 Å². The number of imidazole rings is 1. The Kier molecular flexibility index (Phi) is 12.6. The molecule has 0 saturated carbocycles. The van der Waals surface area contributed by atoms with E-state index < -0.39 is 35.5 Å². The number of rotatable bonds is 11. The zero-order valence-corrected chi connectivity index (χ0v) is 38.4. The SMILES string of the molecule is Cn1cnnc1[C@H](O)c1cccc(-n2cc3c(C(F)(F)F)cc(CN4CCN(CC(=O)N5CCC(CN6CCN(c7ccc8c(c7)CN(C7CCC(=O)NC7=O)C8=O)CC6)CC5)CC4)cn3c2=O)c1. The summed E-state index contributed by atoms with van der Waals surface area (Å²) >= 11 is 0. The number of aliphatic hydroxyl groups excluding tert-OH is 1. The van der Waals surface area contributed by atoms with Crippen LogP contribution in [-0.4, -0.2) is 162 Å². The Morgan fingerprint density at radius 3 is 2.30 bits per heavy atom. The van der Waals surface area contributed by atoms with Gasteiger partial charge in [0.25, 0.3) is 5.91 Å². The van der Waals surface area contributed by atoms with E-state index in [4.69, 9.17) is 0 Å². The number of nitrogens with zero attached hydrogens (tertiary/aromatic N) is 11. The lowest BCUT2D eigenvalue weighted by atomic mass is 9.95. The van der Waals surface area contributed by atoms with E-state index >= 15 is 0 Å². The molecule has 2 atom stereocenters. The number of carbonyl (C=O) groups excluding carboxylic acids is 4. The third-order valence-corrected chi connectivity index (χ3v) is 14.5. The van der Waals surface area contributed by atoms with Crippen molar-refractivity contribution in [3.8, 4) is 5.69 Å². The summed E-state index contributed by atoms with van der Waals surface area (Å²) in [4.78, 5) is 77.0. The molecule has 8 heterocycles. The fourth-order valence-corrected chi connectivity index (χ4v) is 10.6. The highest BCUT2D eigenvalue weighted by Crippen LogP contribution is 2.35. The fraction of sp³-hybridized carbons (Fsp3) is 0.479. The smallest absolute Gasteiger partial charge is 0.380 e. The minimum Gasteiger partial charge on any atom is -0.380 e. The lowest BCUT2D eigenvalue weighted by Gasteiger charge is -2.40. The number of amides is 4. The van der Waals surface area contributed by atoms with E-state index in [1.807, 2.05) is 21.9 Å². The van der Waals surface area contributed by atoms with Crippen molar-refractivity contribution in [3.63, 3.8) is 0 Å². The minimum absolute atomic E-state index is 0.0876. The number of imide groups is 1. The summed E-state index contributed by atoms with van der Waals surface area (Å²) in [5.41, 5.74) is 1.71. The Bertz CT molecular complexity index is 2840. The van der Waals surface area contributed by atoms with Crippen molar-refractivity contribution < 1.29 is 37.5 Å². The van der Waals surface area contributed by atoms with Crippen LogP contribution in [0.15, 0.2) is 72.0 Å². The quantitative estimate of drug-likeness (QED) is 0.185. The van der Waals surface area contributed by atoms with Crippen LogP contribution in [0.4, 0.5) is 18.9 Å². The third-order valence-electron chi connectivity index (χ3n) is 14.5. The van der Waals surface area contributed by atoms with E-state index in [1.54, 1.807) is 40.8 Å². The van der Waals surface area contributed by atoms with Crippen molar-refractivity contribution in [1.29, 1.82) is 0 Å². The molecule has 364 valence electrons. The summed E-state index contributed by atoms with van der Waals surface area (Å²) in [6, 6.07) is 12.7. The van der Waals surface area contributed by atoms with Gasteiger partial charge in [0.05, 0.1) is 23.3 Å². The summed E-state index contributed by atoms with van der Waals surface area (Å²) in [7, 11) is 1.68. The summed E-state index contributed by atoms with van der Waals surface area (Å²) in [5, 5.41) is 21.0. The average molecular weight is 953 g/mol. The maximum absolute atomic E-state index is 14.6. The molecule has 4 fully saturated rings. The number of aryl methyl sites for hydroxylation is 1. The Balaban J connectivity index is 0.680. The molecular formula is C48H55F3N12O6. The number of hydrogen-bond acceptors (Lipinski definition) is 12. The van der Waals surface area contributed by atoms with Gasteiger partial charge in [-0.05, 0) is 78.3 Å². The topological polar surface area (TPSA) is 177 Å². The molecule has 10 rings (SSSR count). The van der Waals surface area contributed by atoms with Crippen molar-refractivity contribution in [2.24, 2.45) is 13.0 Å². The number of carbonyl (C=O) groups is 4. The second-order valence-corrected chi connectivity index (χ2v) is 19.0. The van der Waals surface area contributed by atoms with E-state index in [9.17, 15) is 42.3 Å². The molecular weight excluding hydrogens is 898 g/mol. The number of benzene rings is 2. The summed E-state index contributed by atoms with van der Waals surface area (Å²) < 4.78 is 47.4. The van der Waals surface area contributed by atoms with Gasteiger partial charge in [0, 0.05) is 122 Å². The van der Waals surface area contributed by atoms with Crippen molar-refractivity contribution in [1.82, 2.24) is 53.5 Å². The maximum atomic E-state index is 14.6. The Morgan fingerprint density at radius 1 is 0.855 bits per heavy atom. The number of likely N-dealkylation sites (tertiary alicyclic amines) is 1. The number of alkyl halides is 3. The number of halogens is 3. The molecule has 5 aliphatic rings. The van der Waals surface area contributed by atoms with E-state index in [0.29, 0.717) is 74.8 Å². The zero-order chi connectivity index (χ0) is 48.1. The van der Waals surface area contributed by atoms with Gasteiger partial charge in [-0.3, -0.25) is 48.2 Å². The second-order valence-electron chi connectivity index (χ2n) is 19.0. The Morgan fingerprint density at radius 2 is 1.59 bits per heavy atom. The predicted octanol–water partition coefficient (Wildman–Crippen LogP) is 2.26. The van der Waals surface area contributed by atoms with Crippen LogP contribution < -0.4 is 15.9 Å². The minimum atomic E-state index is -4.73. The van der Waals surface area contributed by atoms with Crippen LogP contribution in [0.1, 0.15) is 70.2 Å². The molecule has 69 heavy (non-hydrogen) atoms. The predicted molar refractivity (Wildman–Crippen MR) is 245 cm³/mol. The van der Waals surface area contributed by atoms with E-state index in [2.05, 4.69) is 36.3 Å². The molecule has 0 aliphatic carbocycles. The van der Waals surface area contributed by atoms with Gasteiger partial charge < -0.3 is 24.4 Å². The fourth-order valence-electron chi connectivity index (χ4n) is 10.6. The van der Waals surface area contributed by atoms with Gasteiger partial charge in [0.15, 0.2) is 5.82 Å². The number of aliphatic hydroxyl groups is 1. The standard InChI is InChI=1S/C48H55F3N12O6/c1-55-30-52-54-44(55)43(66)33-3-2-4-36(22-33)61-28-40-38(48(49,50)51)21-32(26-63(40)47(61)69)25-56-13-15-58(16-14-56)29-42(65)60-11-9-31(10-12-60)24-57-17-19-59(20-18-57)35-5-6-37-34(23-35)27-62(46(37)68)39-7-8-41(64)53-45(39)67/h2-6,21-23,26,28,30-31,39,43,66H,7-20,24-25,27,29H2,1H3,(H,53,64,67)/t39?,43-/m1/s1. The number of nitrogens with one attached hydrogen (secondary N) is 1. The summed E-state index contributed by atoms with van der Waals surface area (Å²) in [5.74, 6) is -0.0444. The van der Waals surface area contributed by atoms with Gasteiger partial charge >= 0.3 is 11.9 Å². The molecule has 0 spiro atoms. The first kappa shape index (κ1) is 46.3. The normalized spacial score (nSPS) is 20.8. The number of anilines is 1. The molecule has 3 aromatic heterocycles. The summed E-state index contributed by atoms with van der Waals surface area (Å²) in [6.07, 6.45) is 0.597. The van der Waals surface area contributed by atoms with Crippen LogP contribution in [0.25, 0.3) is 11.2 Å². The Hall–Kier alpha value is -6.42. The lowest BCUT2D eigenvalue weighted by molar-refractivity contribution is -0.137. The molecule has 0 bridgehead atoms. The van der Waals surface area contributed by atoms with E-state index in [-0.39, 0.29) is 54.3 Å². The van der Waals surface area contributed by atoms with Crippen LogP contribution in [0, 0.1) is 5.92 Å². The molecule has 4 amide bonds. The lowest BCUT2D eigenvalue weighted by Crippen LogP contribution is -2.52. The van der Waals surface area contributed by atoms with E-state index in [0.717, 1.165) is 71.9 Å². The molecule has 21 heteroatoms. The van der Waals surface area contributed by atoms with Crippen LogP contribution in [0.5, 0.6) is 0 Å². The van der Waals surface area contributed by atoms with Crippen molar-refractivity contribution in [2.75, 3.05) is 83.4 Å². The molecule has 2 aromatic carbocycles. The van der Waals surface area contributed by atoms with Gasteiger partial charge in [-0.15, -0.1) is 10.2 Å². The molecule has 2 N–H and O–H groups in total. The van der Waals surface area contributed by atoms with Crippen LogP contribution >= 0.6 is 0 Å². The van der Waals surface area contributed by atoms with Crippen molar-refractivity contribution in [2.45, 2.75) is 57.1 Å². The summed E-state index contributed by atoms with van der Waals surface area (Å²) in [6.45, 7) is 8.99. The first-order valence-electron chi connectivity index (χ1n) is 23.6. The van der Waals surface area contributed by atoms with Crippen molar-refractivity contribution >= 4 is 34.8 Å². The van der Waals surface area contributed by atoms with Gasteiger partial charge in [-0.1, -0.05) is 12.1 Å². The Labute approximate surface area is 395 Å². The van der Waals surface area contributed by atoms with Gasteiger partial charge in [0.1, 0.15) is 18.5 Å². The molecule has 1 unspecified atom stereocenters. The number of aromatic nitrogens is 5. The van der Waals surface area contributed by atoms with Crippen molar-refractivity contribution in [3.05, 3.63) is 111 Å². The van der Waals surface area contributed by atoms with Crippen LogP contribution in [0.3, 0.4) is 0 Å². The van der Waals surface area contributed by atoms with Crippen LogP contribution in [0.2, 0.25) is 0 Å². The number of piperidine rings is 2. The van der Waals surface area contributed by atoms with Crippen LogP contribution in [-0.2, 0) is 40.7 Å². The number of pyridine rings is 1. The molecule has 0 radical (unpaired) electrons. The average Bonchev–Trinajstić information content (AvgIpc) is 4.03. The first-order valence-corrected chi connectivity index (χ1v) is 23.6. The second kappa shape index (κ2) is 18.8. The van der Waals surface area contributed by atoms with Gasteiger partial charge in [0.2, 0.25) is 17.7 Å².